The molecule has 0 aromatic carbocycles. The highest BCUT2D eigenvalue weighted by Crippen LogP contribution is 2.34. The third kappa shape index (κ3) is 4.98. The van der Waals surface area contributed by atoms with Crippen LogP contribution in [-0.4, -0.2) is 27.4 Å². The van der Waals surface area contributed by atoms with Gasteiger partial charge in [0.1, 0.15) is 0 Å². The zero-order valence-electron chi connectivity index (χ0n) is 11.3. The Morgan fingerprint density at radius 3 is 1.67 bits per heavy atom. The van der Waals surface area contributed by atoms with Crippen LogP contribution in [0.5, 0.6) is 0 Å². The molecule has 0 saturated heterocycles. The van der Waals surface area contributed by atoms with Gasteiger partial charge in [-0.2, -0.15) is 0 Å². The number of hydrogen-bond acceptors (Lipinski definition) is 2. The van der Waals surface area contributed by atoms with Crippen molar-refractivity contribution in [3.8, 4) is 0 Å². The van der Waals surface area contributed by atoms with E-state index in [1.165, 1.54) is 12.8 Å². The molecule has 0 atom stereocenters. The van der Waals surface area contributed by atoms with Gasteiger partial charge < -0.3 is 9.47 Å². The molecule has 2 nitrogen and oxygen atoms in total. The van der Waals surface area contributed by atoms with Crippen molar-refractivity contribution in [2.45, 2.75) is 40.5 Å². The van der Waals surface area contributed by atoms with Crippen molar-refractivity contribution in [3.05, 3.63) is 0 Å². The van der Waals surface area contributed by atoms with E-state index in [1.807, 2.05) is 0 Å². The first-order chi connectivity index (χ1) is 6.98. The molecule has 0 rings (SSSR count). The molecule has 0 fully saturated rings. The first kappa shape index (κ1) is 14.9. The Balaban J connectivity index is 4.46. The summed E-state index contributed by atoms with van der Waals surface area (Å²) >= 11 is 0. The Hall–Kier alpha value is -0.0800. The van der Waals surface area contributed by atoms with Crippen LogP contribution >= 0.6 is 0 Å². The van der Waals surface area contributed by atoms with E-state index in [9.17, 15) is 0 Å². The minimum absolute atomic E-state index is 0.188. The van der Waals surface area contributed by atoms with E-state index in [4.69, 9.17) is 9.47 Å². The van der Waals surface area contributed by atoms with Crippen LogP contribution in [0.1, 0.15) is 40.5 Å². The smallest absolute Gasteiger partial charge is 0.0543 e. The van der Waals surface area contributed by atoms with Crippen molar-refractivity contribution in [1.29, 1.82) is 0 Å². The molecule has 0 aliphatic rings. The van der Waals surface area contributed by atoms with Crippen molar-refractivity contribution in [2.24, 2.45) is 17.3 Å². The second-order valence-electron chi connectivity index (χ2n) is 5.32. The highest BCUT2D eigenvalue weighted by molar-refractivity contribution is 4.82. The number of hydrogen-bond donors (Lipinski definition) is 0. The lowest BCUT2D eigenvalue weighted by Gasteiger charge is -2.37. The fraction of sp³-hybridized carbons (Fsp3) is 1.00. The average molecular weight is 216 g/mol. The van der Waals surface area contributed by atoms with E-state index in [0.29, 0.717) is 5.92 Å². The van der Waals surface area contributed by atoms with Gasteiger partial charge >= 0.3 is 0 Å². The molecular weight excluding hydrogens is 188 g/mol. The molecule has 92 valence electrons. The van der Waals surface area contributed by atoms with Gasteiger partial charge in [0.2, 0.25) is 0 Å². The van der Waals surface area contributed by atoms with Gasteiger partial charge in [-0.25, -0.2) is 0 Å². The number of rotatable bonds is 8. The van der Waals surface area contributed by atoms with Crippen LogP contribution in [-0.2, 0) is 9.47 Å². The van der Waals surface area contributed by atoms with Crippen molar-refractivity contribution in [2.75, 3.05) is 27.4 Å². The Kier molecular flexibility index (Phi) is 7.20. The molecule has 0 spiro atoms. The summed E-state index contributed by atoms with van der Waals surface area (Å²) in [5.74, 6) is 1.34. The Morgan fingerprint density at radius 1 is 0.933 bits per heavy atom. The maximum absolute atomic E-state index is 5.37. The van der Waals surface area contributed by atoms with Gasteiger partial charge in [0.25, 0.3) is 0 Å². The van der Waals surface area contributed by atoms with Crippen LogP contribution < -0.4 is 0 Å². The molecule has 15 heavy (non-hydrogen) atoms. The van der Waals surface area contributed by atoms with Crippen molar-refractivity contribution in [1.82, 2.24) is 0 Å². The number of ether oxygens (including phenoxy) is 2. The van der Waals surface area contributed by atoms with Crippen LogP contribution in [0.4, 0.5) is 0 Å². The van der Waals surface area contributed by atoms with E-state index in [2.05, 4.69) is 27.7 Å². The van der Waals surface area contributed by atoms with E-state index >= 15 is 0 Å². The lowest BCUT2D eigenvalue weighted by molar-refractivity contribution is -0.0290. The van der Waals surface area contributed by atoms with Crippen molar-refractivity contribution in [3.63, 3.8) is 0 Å². The van der Waals surface area contributed by atoms with Crippen molar-refractivity contribution >= 4 is 0 Å². The third-order valence-electron chi connectivity index (χ3n) is 3.31. The summed E-state index contributed by atoms with van der Waals surface area (Å²) in [6, 6.07) is 0. The lowest BCUT2D eigenvalue weighted by Crippen LogP contribution is -2.37. The normalized spacial score (nSPS) is 12.8. The van der Waals surface area contributed by atoms with Gasteiger partial charge in [-0.05, 0) is 18.3 Å². The fourth-order valence-electron chi connectivity index (χ4n) is 1.96. The van der Waals surface area contributed by atoms with E-state index in [0.717, 1.165) is 19.1 Å². The minimum atomic E-state index is 0.188. The molecular formula is C13H28O2. The second kappa shape index (κ2) is 7.24. The Labute approximate surface area is 95.3 Å². The zero-order valence-corrected chi connectivity index (χ0v) is 11.3. The molecule has 0 heterocycles. The van der Waals surface area contributed by atoms with Crippen LogP contribution in [0.15, 0.2) is 0 Å². The molecule has 0 aromatic heterocycles. The summed E-state index contributed by atoms with van der Waals surface area (Å²) < 4.78 is 10.7. The molecule has 0 aromatic rings. The summed E-state index contributed by atoms with van der Waals surface area (Å²) in [5.41, 5.74) is 0.188. The molecule has 0 bridgehead atoms. The van der Waals surface area contributed by atoms with Gasteiger partial charge in [-0.15, -0.1) is 0 Å². The first-order valence-electron chi connectivity index (χ1n) is 5.96. The summed E-state index contributed by atoms with van der Waals surface area (Å²) in [5, 5.41) is 0. The van der Waals surface area contributed by atoms with Crippen LogP contribution in [0, 0.1) is 17.3 Å². The van der Waals surface area contributed by atoms with Gasteiger partial charge in [0, 0.05) is 19.6 Å². The molecule has 0 saturated carbocycles. The summed E-state index contributed by atoms with van der Waals surface area (Å²) in [7, 11) is 3.56. The minimum Gasteiger partial charge on any atom is -0.384 e. The Bertz CT molecular complexity index is 147. The predicted octanol–water partition coefficient (Wildman–Crippen LogP) is 3.36. The van der Waals surface area contributed by atoms with Gasteiger partial charge in [0.05, 0.1) is 13.2 Å². The maximum Gasteiger partial charge on any atom is 0.0543 e. The zero-order chi connectivity index (χ0) is 11.9. The van der Waals surface area contributed by atoms with Crippen molar-refractivity contribution < 1.29 is 9.47 Å². The van der Waals surface area contributed by atoms with E-state index in [-0.39, 0.29) is 5.41 Å². The first-order valence-corrected chi connectivity index (χ1v) is 5.96. The van der Waals surface area contributed by atoms with Gasteiger partial charge in [-0.3, -0.25) is 0 Å². The second-order valence-corrected chi connectivity index (χ2v) is 5.32. The quantitative estimate of drug-likeness (QED) is 0.619. The molecule has 0 aliphatic heterocycles. The fourth-order valence-corrected chi connectivity index (χ4v) is 1.96. The summed E-state index contributed by atoms with van der Waals surface area (Å²) in [4.78, 5) is 0. The number of methoxy groups -OCH3 is 2. The van der Waals surface area contributed by atoms with Crippen LogP contribution in [0.3, 0.4) is 0 Å². The predicted molar refractivity (Wildman–Crippen MR) is 65.1 cm³/mol. The topological polar surface area (TPSA) is 18.5 Å². The summed E-state index contributed by atoms with van der Waals surface area (Å²) in [6.07, 6.45) is 2.43. The Morgan fingerprint density at radius 2 is 1.40 bits per heavy atom. The molecule has 2 heteroatoms. The van der Waals surface area contributed by atoms with E-state index in [1.54, 1.807) is 14.2 Å². The molecule has 0 amide bonds. The highest BCUT2D eigenvalue weighted by atomic mass is 16.5. The highest BCUT2D eigenvalue weighted by Gasteiger charge is 2.33. The lowest BCUT2D eigenvalue weighted by atomic mass is 9.74. The monoisotopic (exact) mass is 216 g/mol. The van der Waals surface area contributed by atoms with E-state index < -0.39 is 0 Å². The van der Waals surface area contributed by atoms with Crippen LogP contribution in [0.25, 0.3) is 0 Å². The molecule has 0 radical (unpaired) electrons. The SMILES string of the molecule is COCC(CCC(C)C)(COC)C(C)C. The standard InChI is InChI=1S/C13H28O2/c1-11(2)7-8-13(9-14-5,10-15-6)12(3)4/h11-12H,7-10H2,1-6H3. The maximum atomic E-state index is 5.37. The van der Waals surface area contributed by atoms with Gasteiger partial charge in [0.15, 0.2) is 0 Å². The third-order valence-corrected chi connectivity index (χ3v) is 3.31. The largest absolute Gasteiger partial charge is 0.384 e. The van der Waals surface area contributed by atoms with Gasteiger partial charge in [-0.1, -0.05) is 34.1 Å². The molecule has 0 aliphatic carbocycles. The van der Waals surface area contributed by atoms with Crippen LogP contribution in [0.2, 0.25) is 0 Å². The average Bonchev–Trinajstić information content (AvgIpc) is 2.14. The molecule has 0 N–H and O–H groups in total. The summed E-state index contributed by atoms with van der Waals surface area (Å²) in [6.45, 7) is 10.7. The molecule has 0 unspecified atom stereocenters.